The predicted octanol–water partition coefficient (Wildman–Crippen LogP) is 2.52. The second-order valence-electron chi connectivity index (χ2n) is 8.04. The number of hydrogen-bond acceptors (Lipinski definition) is 6. The third-order valence-corrected chi connectivity index (χ3v) is 4.44. The first-order valence-electron chi connectivity index (χ1n) is 9.09. The van der Waals surface area contributed by atoms with Crippen LogP contribution in [-0.4, -0.2) is 62.9 Å². The fraction of sp³-hybridized carbons (Fsp3) is 0.667. The average Bonchev–Trinajstić information content (AvgIpc) is 3.00. The van der Waals surface area contributed by atoms with Gasteiger partial charge in [0.25, 0.3) is 5.78 Å². The molecule has 26 heavy (non-hydrogen) atoms. The summed E-state index contributed by atoms with van der Waals surface area (Å²) in [4.78, 5) is 24.8. The van der Waals surface area contributed by atoms with Gasteiger partial charge in [-0.15, -0.1) is 0 Å². The molecular weight excluding hydrogens is 332 g/mol. The van der Waals surface area contributed by atoms with Gasteiger partial charge < -0.3 is 14.5 Å². The molecule has 0 aromatic carbocycles. The molecule has 0 saturated carbocycles. The maximum Gasteiger partial charge on any atom is 0.410 e. The first-order chi connectivity index (χ1) is 12.2. The predicted molar refractivity (Wildman–Crippen MR) is 99.3 cm³/mol. The van der Waals surface area contributed by atoms with Gasteiger partial charge in [-0.25, -0.2) is 9.78 Å². The maximum atomic E-state index is 12.2. The van der Waals surface area contributed by atoms with Gasteiger partial charge in [-0.1, -0.05) is 0 Å². The normalized spacial score (nSPS) is 18.2. The highest BCUT2D eigenvalue weighted by molar-refractivity contribution is 5.67. The van der Waals surface area contributed by atoms with Crippen molar-refractivity contribution in [2.75, 3.05) is 31.6 Å². The molecule has 1 amide bonds. The minimum atomic E-state index is -0.475. The van der Waals surface area contributed by atoms with Crippen molar-refractivity contribution in [3.63, 3.8) is 0 Å². The van der Waals surface area contributed by atoms with E-state index in [0.29, 0.717) is 18.2 Å². The van der Waals surface area contributed by atoms with E-state index in [0.717, 1.165) is 37.4 Å². The molecule has 0 aliphatic carbocycles. The lowest BCUT2D eigenvalue weighted by molar-refractivity contribution is 0.0269. The molecule has 1 aliphatic rings. The number of anilines is 1. The summed E-state index contributed by atoms with van der Waals surface area (Å²) in [5, 5.41) is 4.31. The highest BCUT2D eigenvalue weighted by Gasteiger charge is 2.26. The smallest absolute Gasteiger partial charge is 0.410 e. The number of ether oxygens (including phenoxy) is 1. The van der Waals surface area contributed by atoms with Crippen molar-refractivity contribution in [1.82, 2.24) is 24.5 Å². The van der Waals surface area contributed by atoms with Crippen LogP contribution in [0.2, 0.25) is 0 Å². The van der Waals surface area contributed by atoms with Crippen molar-refractivity contribution in [3.05, 3.63) is 18.1 Å². The molecule has 8 nitrogen and oxygen atoms in total. The molecule has 1 atom stereocenters. The van der Waals surface area contributed by atoms with Crippen molar-refractivity contribution in [1.29, 1.82) is 0 Å². The molecule has 3 heterocycles. The van der Waals surface area contributed by atoms with Crippen LogP contribution in [0, 0.1) is 12.8 Å². The lowest BCUT2D eigenvalue weighted by Crippen LogP contribution is -2.43. The Labute approximate surface area is 154 Å². The third-order valence-electron chi connectivity index (χ3n) is 4.44. The quantitative estimate of drug-likeness (QED) is 0.837. The first-order valence-corrected chi connectivity index (χ1v) is 9.09. The van der Waals surface area contributed by atoms with Crippen LogP contribution in [0.1, 0.15) is 39.3 Å². The summed E-state index contributed by atoms with van der Waals surface area (Å²) >= 11 is 0. The number of amides is 1. The summed E-state index contributed by atoms with van der Waals surface area (Å²) < 4.78 is 7.24. The number of carbonyl (C=O) groups is 1. The fourth-order valence-electron chi connectivity index (χ4n) is 3.36. The van der Waals surface area contributed by atoms with E-state index in [1.165, 1.54) is 6.33 Å². The number of nitrogens with zero attached hydrogens (tertiary/aromatic N) is 6. The van der Waals surface area contributed by atoms with Gasteiger partial charge in [-0.3, -0.25) is 0 Å². The lowest BCUT2D eigenvalue weighted by Gasteiger charge is -2.36. The fourth-order valence-corrected chi connectivity index (χ4v) is 3.36. The standard InChI is InChI=1S/C18H28N6O2/c1-13-9-15(24-16(21-13)19-12-20-24)23-8-6-7-14(11-23)10-22(5)17(25)26-18(2,3)4/h9,12,14H,6-8,10-11H2,1-5H3. The van der Waals surface area contributed by atoms with Crippen LogP contribution in [0.3, 0.4) is 0 Å². The van der Waals surface area contributed by atoms with E-state index in [1.807, 2.05) is 33.8 Å². The molecule has 1 fully saturated rings. The minimum Gasteiger partial charge on any atom is -0.444 e. The molecule has 3 rings (SSSR count). The SMILES string of the molecule is Cc1cc(N2CCCC(CN(C)C(=O)OC(C)(C)C)C2)n2ncnc2n1. The second-order valence-corrected chi connectivity index (χ2v) is 8.04. The summed E-state index contributed by atoms with van der Waals surface area (Å²) in [6.07, 6.45) is 3.43. The van der Waals surface area contributed by atoms with Crippen molar-refractivity contribution < 1.29 is 9.53 Å². The van der Waals surface area contributed by atoms with Gasteiger partial charge in [0.15, 0.2) is 0 Å². The minimum absolute atomic E-state index is 0.270. The first kappa shape index (κ1) is 18.4. The van der Waals surface area contributed by atoms with E-state index < -0.39 is 5.60 Å². The second kappa shape index (κ2) is 7.09. The molecule has 1 unspecified atom stereocenters. The van der Waals surface area contributed by atoms with Crippen LogP contribution in [0.5, 0.6) is 0 Å². The molecular formula is C18H28N6O2. The lowest BCUT2D eigenvalue weighted by atomic mass is 9.97. The Hall–Kier alpha value is -2.38. The van der Waals surface area contributed by atoms with Crippen LogP contribution in [0.25, 0.3) is 5.78 Å². The summed E-state index contributed by atoms with van der Waals surface area (Å²) in [7, 11) is 1.80. The van der Waals surface area contributed by atoms with E-state index in [2.05, 4.69) is 20.0 Å². The molecule has 0 spiro atoms. The Balaban J connectivity index is 1.69. The number of carbonyl (C=O) groups excluding carboxylic acids is 1. The Morgan fingerprint density at radius 2 is 2.19 bits per heavy atom. The zero-order valence-electron chi connectivity index (χ0n) is 16.3. The number of aromatic nitrogens is 4. The van der Waals surface area contributed by atoms with Gasteiger partial charge in [0.05, 0.1) is 0 Å². The van der Waals surface area contributed by atoms with E-state index in [1.54, 1.807) is 16.5 Å². The van der Waals surface area contributed by atoms with E-state index in [4.69, 9.17) is 4.74 Å². The molecule has 8 heteroatoms. The highest BCUT2D eigenvalue weighted by Crippen LogP contribution is 2.24. The van der Waals surface area contributed by atoms with Gasteiger partial charge in [0, 0.05) is 38.4 Å². The number of fused-ring (bicyclic) bond motifs is 1. The Morgan fingerprint density at radius 1 is 1.42 bits per heavy atom. The number of rotatable bonds is 3. The topological polar surface area (TPSA) is 75.9 Å². The molecule has 0 radical (unpaired) electrons. The molecule has 0 N–H and O–H groups in total. The molecule has 2 aromatic heterocycles. The molecule has 1 saturated heterocycles. The summed E-state index contributed by atoms with van der Waals surface area (Å²) in [6, 6.07) is 2.04. The Kier molecular flexibility index (Phi) is 5.02. The molecule has 2 aromatic rings. The van der Waals surface area contributed by atoms with Crippen molar-refractivity contribution in [2.45, 2.75) is 46.1 Å². The summed E-state index contributed by atoms with van der Waals surface area (Å²) in [5.74, 6) is 2.01. The number of aryl methyl sites for hydroxylation is 1. The monoisotopic (exact) mass is 360 g/mol. The van der Waals surface area contributed by atoms with E-state index >= 15 is 0 Å². The van der Waals surface area contributed by atoms with Gasteiger partial charge in [-0.05, 0) is 46.5 Å². The van der Waals surface area contributed by atoms with Crippen LogP contribution < -0.4 is 4.90 Å². The van der Waals surface area contributed by atoms with Crippen molar-refractivity contribution in [3.8, 4) is 0 Å². The molecule has 1 aliphatic heterocycles. The Bertz CT molecular complexity index is 782. The number of piperidine rings is 1. The van der Waals surface area contributed by atoms with Gasteiger partial charge >= 0.3 is 6.09 Å². The largest absolute Gasteiger partial charge is 0.444 e. The van der Waals surface area contributed by atoms with Gasteiger partial charge in [-0.2, -0.15) is 14.6 Å². The highest BCUT2D eigenvalue weighted by atomic mass is 16.6. The number of hydrogen-bond donors (Lipinski definition) is 0. The van der Waals surface area contributed by atoms with Gasteiger partial charge in [0.2, 0.25) is 0 Å². The van der Waals surface area contributed by atoms with Crippen molar-refractivity contribution in [2.24, 2.45) is 5.92 Å². The molecule has 142 valence electrons. The average molecular weight is 360 g/mol. The van der Waals surface area contributed by atoms with Crippen LogP contribution in [0.15, 0.2) is 12.4 Å². The van der Waals surface area contributed by atoms with E-state index in [-0.39, 0.29) is 6.09 Å². The maximum absolute atomic E-state index is 12.2. The van der Waals surface area contributed by atoms with Crippen molar-refractivity contribution >= 4 is 17.7 Å². The Morgan fingerprint density at radius 3 is 2.92 bits per heavy atom. The van der Waals surface area contributed by atoms with Crippen LogP contribution in [-0.2, 0) is 4.74 Å². The molecule has 0 bridgehead atoms. The van der Waals surface area contributed by atoms with Crippen LogP contribution in [0.4, 0.5) is 10.6 Å². The van der Waals surface area contributed by atoms with Crippen LogP contribution >= 0.6 is 0 Å². The van der Waals surface area contributed by atoms with Gasteiger partial charge in [0.1, 0.15) is 17.7 Å². The third kappa shape index (κ3) is 4.23. The summed E-state index contributed by atoms with van der Waals surface area (Å²) in [5.41, 5.74) is 0.450. The zero-order chi connectivity index (χ0) is 18.9. The zero-order valence-corrected chi connectivity index (χ0v) is 16.3. The van der Waals surface area contributed by atoms with E-state index in [9.17, 15) is 4.79 Å². The summed E-state index contributed by atoms with van der Waals surface area (Å²) in [6.45, 7) is 10.1.